The van der Waals surface area contributed by atoms with Gasteiger partial charge in [0.2, 0.25) is 0 Å². The maximum Gasteiger partial charge on any atom is 0.253 e. The molecule has 5 nitrogen and oxygen atoms in total. The van der Waals surface area contributed by atoms with Crippen LogP contribution < -0.4 is 21.5 Å². The van der Waals surface area contributed by atoms with Gasteiger partial charge in [-0.2, -0.15) is 0 Å². The maximum absolute atomic E-state index is 11.7. The fourth-order valence-corrected chi connectivity index (χ4v) is 2.20. The minimum absolute atomic E-state index is 0.339. The standard InChI is InChI=1S/C17H15N3O2/c21-16-14(19-10-12-6-2-1-3-7-12)15(17(16)22)20-11-13-8-4-5-9-18-13/h1-9,19-20H,10-11H2. The van der Waals surface area contributed by atoms with Gasteiger partial charge in [-0.3, -0.25) is 14.6 Å². The average molecular weight is 293 g/mol. The molecule has 0 bridgehead atoms. The number of aromatic nitrogens is 1. The predicted octanol–water partition coefficient (Wildman–Crippen LogP) is 1.90. The zero-order valence-electron chi connectivity index (χ0n) is 11.9. The van der Waals surface area contributed by atoms with Gasteiger partial charge in [-0.15, -0.1) is 0 Å². The van der Waals surface area contributed by atoms with E-state index in [1.54, 1.807) is 6.20 Å². The molecule has 2 aromatic carbocycles. The van der Waals surface area contributed by atoms with Gasteiger partial charge in [0, 0.05) is 12.7 Å². The first kappa shape index (κ1) is 14.0. The molecule has 0 fully saturated rings. The van der Waals surface area contributed by atoms with Crippen molar-refractivity contribution in [3.05, 3.63) is 86.4 Å². The zero-order chi connectivity index (χ0) is 15.4. The van der Waals surface area contributed by atoms with Crippen molar-refractivity contribution in [2.24, 2.45) is 0 Å². The van der Waals surface area contributed by atoms with Gasteiger partial charge in [0.1, 0.15) is 11.4 Å². The van der Waals surface area contributed by atoms with Crippen molar-refractivity contribution in [2.75, 3.05) is 10.6 Å². The van der Waals surface area contributed by atoms with Gasteiger partial charge in [-0.05, 0) is 17.7 Å². The molecule has 0 unspecified atom stereocenters. The summed E-state index contributed by atoms with van der Waals surface area (Å²) in [6.45, 7) is 0.912. The number of pyridine rings is 1. The summed E-state index contributed by atoms with van der Waals surface area (Å²) in [4.78, 5) is 27.5. The quantitative estimate of drug-likeness (QED) is 0.679. The first-order valence-electron chi connectivity index (χ1n) is 7.00. The Hall–Kier alpha value is -2.95. The number of hydrogen-bond acceptors (Lipinski definition) is 5. The van der Waals surface area contributed by atoms with E-state index in [1.807, 2.05) is 48.5 Å². The molecular weight excluding hydrogens is 278 g/mol. The van der Waals surface area contributed by atoms with Crippen LogP contribution in [0.5, 0.6) is 0 Å². The summed E-state index contributed by atoms with van der Waals surface area (Å²) in [5, 5.41) is 6.01. The van der Waals surface area contributed by atoms with E-state index in [4.69, 9.17) is 0 Å². The van der Waals surface area contributed by atoms with Gasteiger partial charge in [-0.1, -0.05) is 36.4 Å². The molecule has 5 heteroatoms. The van der Waals surface area contributed by atoms with E-state index in [0.29, 0.717) is 24.5 Å². The average Bonchev–Trinajstić information content (AvgIpc) is 2.58. The van der Waals surface area contributed by atoms with E-state index in [1.165, 1.54) is 0 Å². The summed E-state index contributed by atoms with van der Waals surface area (Å²) in [5.41, 5.74) is 1.60. The Kier molecular flexibility index (Phi) is 3.96. The largest absolute Gasteiger partial charge is 0.376 e. The number of hydrogen-bond donors (Lipinski definition) is 2. The van der Waals surface area contributed by atoms with Crippen molar-refractivity contribution in [3.8, 4) is 0 Å². The van der Waals surface area contributed by atoms with Crippen LogP contribution in [0.4, 0.5) is 11.4 Å². The van der Waals surface area contributed by atoms with Gasteiger partial charge < -0.3 is 10.6 Å². The zero-order valence-corrected chi connectivity index (χ0v) is 11.9. The number of nitrogens with one attached hydrogen (secondary N) is 2. The van der Waals surface area contributed by atoms with E-state index in [2.05, 4.69) is 15.6 Å². The Labute approximate surface area is 127 Å². The van der Waals surface area contributed by atoms with E-state index in [9.17, 15) is 9.59 Å². The monoisotopic (exact) mass is 293 g/mol. The SMILES string of the molecule is O=c1c(NCc2ccccc2)c(NCc2ccccn2)c1=O. The van der Waals surface area contributed by atoms with Crippen molar-refractivity contribution in [2.45, 2.75) is 13.1 Å². The molecule has 1 aromatic heterocycles. The number of benzene rings is 1. The first-order chi connectivity index (χ1) is 10.8. The lowest BCUT2D eigenvalue weighted by Gasteiger charge is -2.14. The van der Waals surface area contributed by atoms with Crippen LogP contribution >= 0.6 is 0 Å². The lowest BCUT2D eigenvalue weighted by Crippen LogP contribution is -2.37. The Bertz CT molecular complexity index is 751. The molecule has 0 spiro atoms. The molecule has 0 radical (unpaired) electrons. The van der Waals surface area contributed by atoms with Crippen LogP contribution in [0.25, 0.3) is 0 Å². The van der Waals surface area contributed by atoms with Crippen LogP contribution in [0.3, 0.4) is 0 Å². The molecule has 2 N–H and O–H groups in total. The Balaban J connectivity index is 1.67. The van der Waals surface area contributed by atoms with Crippen molar-refractivity contribution in [1.82, 2.24) is 4.98 Å². The van der Waals surface area contributed by atoms with E-state index in [-0.39, 0.29) is 0 Å². The van der Waals surface area contributed by atoms with Crippen LogP contribution in [0.2, 0.25) is 0 Å². The highest BCUT2D eigenvalue weighted by Gasteiger charge is 2.20. The third-order valence-electron chi connectivity index (χ3n) is 3.39. The van der Waals surface area contributed by atoms with Crippen molar-refractivity contribution in [1.29, 1.82) is 0 Å². The molecular formula is C17H15N3O2. The van der Waals surface area contributed by atoms with E-state index in [0.717, 1.165) is 11.3 Å². The molecule has 0 saturated heterocycles. The van der Waals surface area contributed by atoms with Gasteiger partial charge in [0.15, 0.2) is 0 Å². The molecule has 3 aromatic rings. The van der Waals surface area contributed by atoms with Crippen molar-refractivity contribution < 1.29 is 0 Å². The van der Waals surface area contributed by atoms with Crippen LogP contribution in [0.1, 0.15) is 11.3 Å². The normalized spacial score (nSPS) is 10.5. The highest BCUT2D eigenvalue weighted by Crippen LogP contribution is 2.16. The molecule has 3 rings (SSSR count). The smallest absolute Gasteiger partial charge is 0.253 e. The van der Waals surface area contributed by atoms with Crippen LogP contribution in [-0.4, -0.2) is 4.98 Å². The molecule has 0 atom stereocenters. The van der Waals surface area contributed by atoms with Crippen molar-refractivity contribution in [3.63, 3.8) is 0 Å². The summed E-state index contributed by atoms with van der Waals surface area (Å²) in [6.07, 6.45) is 1.69. The second kappa shape index (κ2) is 6.22. The summed E-state index contributed by atoms with van der Waals surface area (Å²) in [5.74, 6) is 0. The fourth-order valence-electron chi connectivity index (χ4n) is 2.20. The number of rotatable bonds is 6. The molecule has 0 amide bonds. The second-order valence-corrected chi connectivity index (χ2v) is 4.92. The molecule has 22 heavy (non-hydrogen) atoms. The summed E-state index contributed by atoms with van der Waals surface area (Å²) in [7, 11) is 0. The Morgan fingerprint density at radius 1 is 0.773 bits per heavy atom. The first-order valence-corrected chi connectivity index (χ1v) is 7.00. The van der Waals surface area contributed by atoms with Gasteiger partial charge >= 0.3 is 0 Å². The molecule has 0 aliphatic rings. The van der Waals surface area contributed by atoms with E-state index < -0.39 is 10.9 Å². The lowest BCUT2D eigenvalue weighted by molar-refractivity contribution is 1.03. The number of nitrogens with zero attached hydrogens (tertiary/aromatic N) is 1. The molecule has 0 aliphatic carbocycles. The van der Waals surface area contributed by atoms with Crippen LogP contribution in [0, 0.1) is 0 Å². The highest BCUT2D eigenvalue weighted by molar-refractivity contribution is 5.73. The third-order valence-corrected chi connectivity index (χ3v) is 3.39. The van der Waals surface area contributed by atoms with E-state index >= 15 is 0 Å². The predicted molar refractivity (Wildman–Crippen MR) is 86.7 cm³/mol. The van der Waals surface area contributed by atoms with Gasteiger partial charge in [0.25, 0.3) is 10.9 Å². The molecule has 0 saturated carbocycles. The van der Waals surface area contributed by atoms with Crippen molar-refractivity contribution >= 4 is 11.4 Å². The lowest BCUT2D eigenvalue weighted by atomic mass is 10.1. The molecule has 1 heterocycles. The number of anilines is 2. The van der Waals surface area contributed by atoms with Gasteiger partial charge in [0.05, 0.1) is 12.2 Å². The Morgan fingerprint density at radius 2 is 1.41 bits per heavy atom. The van der Waals surface area contributed by atoms with Crippen LogP contribution in [-0.2, 0) is 13.1 Å². The summed E-state index contributed by atoms with van der Waals surface area (Å²) >= 11 is 0. The fraction of sp³-hybridized carbons (Fsp3) is 0.118. The molecule has 0 aliphatic heterocycles. The minimum atomic E-state index is -0.480. The summed E-state index contributed by atoms with van der Waals surface area (Å²) < 4.78 is 0. The van der Waals surface area contributed by atoms with Gasteiger partial charge in [-0.25, -0.2) is 0 Å². The Morgan fingerprint density at radius 3 is 2.05 bits per heavy atom. The third kappa shape index (κ3) is 2.88. The summed E-state index contributed by atoms with van der Waals surface area (Å²) in [6, 6.07) is 15.3. The highest BCUT2D eigenvalue weighted by atomic mass is 16.2. The van der Waals surface area contributed by atoms with Crippen LogP contribution in [0.15, 0.2) is 64.3 Å². The second-order valence-electron chi connectivity index (χ2n) is 4.92. The maximum atomic E-state index is 11.7. The molecule has 110 valence electrons. The topological polar surface area (TPSA) is 71.1 Å². The minimum Gasteiger partial charge on any atom is -0.376 e.